The summed E-state index contributed by atoms with van der Waals surface area (Å²) in [4.78, 5) is 33.3. The Balaban J connectivity index is 1.53. The van der Waals surface area contributed by atoms with E-state index in [2.05, 4.69) is 25.8 Å². The van der Waals surface area contributed by atoms with Gasteiger partial charge in [0.2, 0.25) is 5.91 Å². The van der Waals surface area contributed by atoms with E-state index in [1.165, 1.54) is 13.0 Å². The fourth-order valence-electron chi connectivity index (χ4n) is 4.04. The molecule has 1 aromatic heterocycles. The molecule has 31 heavy (non-hydrogen) atoms. The molecular formula is C20H23F3N6O2. The minimum Gasteiger partial charge on any atom is -0.366 e. The van der Waals surface area contributed by atoms with E-state index in [9.17, 15) is 22.8 Å². The van der Waals surface area contributed by atoms with Crippen molar-refractivity contribution < 1.29 is 22.8 Å². The second kappa shape index (κ2) is 8.12. The Labute approximate surface area is 177 Å². The highest BCUT2D eigenvalue weighted by atomic mass is 19.4. The van der Waals surface area contributed by atoms with Gasteiger partial charge in [-0.1, -0.05) is 19.1 Å². The number of halogens is 3. The second-order valence-corrected chi connectivity index (χ2v) is 7.63. The van der Waals surface area contributed by atoms with E-state index in [4.69, 9.17) is 0 Å². The third-order valence-corrected chi connectivity index (χ3v) is 5.61. The summed E-state index contributed by atoms with van der Waals surface area (Å²) in [5, 5.41) is 7.76. The predicted molar refractivity (Wildman–Crippen MR) is 106 cm³/mol. The number of carbonyl (C=O) groups excluding carboxylic acids is 2. The highest BCUT2D eigenvalue weighted by molar-refractivity contribution is 5.91. The van der Waals surface area contributed by atoms with Crippen LogP contribution in [0.4, 0.5) is 23.8 Å². The number of nitrogens with zero attached hydrogens (tertiary/aromatic N) is 3. The van der Waals surface area contributed by atoms with Crippen LogP contribution in [0, 0.1) is 0 Å². The molecule has 1 aromatic rings. The maximum Gasteiger partial charge on any atom is 0.408 e. The number of hydrogen-bond acceptors (Lipinski definition) is 5. The maximum atomic E-state index is 13.1. The van der Waals surface area contributed by atoms with Gasteiger partial charge in [0.1, 0.15) is 23.7 Å². The summed E-state index contributed by atoms with van der Waals surface area (Å²) in [6.07, 6.45) is 0.699. The first-order chi connectivity index (χ1) is 14.8. The van der Waals surface area contributed by atoms with E-state index in [0.29, 0.717) is 18.2 Å². The minimum atomic E-state index is -4.53. The van der Waals surface area contributed by atoms with Crippen molar-refractivity contribution in [3.8, 4) is 0 Å². The van der Waals surface area contributed by atoms with Gasteiger partial charge in [-0.2, -0.15) is 13.2 Å². The molecule has 0 aromatic carbocycles. The number of aromatic nitrogens is 1. The van der Waals surface area contributed by atoms with Crippen molar-refractivity contribution in [2.75, 3.05) is 18.4 Å². The maximum absolute atomic E-state index is 13.1. The smallest absolute Gasteiger partial charge is 0.366 e. The summed E-state index contributed by atoms with van der Waals surface area (Å²) in [6, 6.07) is 1.63. The number of hydrogen-bond donors (Lipinski definition) is 3. The molecule has 2 bridgehead atoms. The van der Waals surface area contributed by atoms with Gasteiger partial charge in [0.05, 0.1) is 11.7 Å². The van der Waals surface area contributed by atoms with Crippen molar-refractivity contribution in [2.24, 2.45) is 0 Å². The van der Waals surface area contributed by atoms with Crippen LogP contribution in [0.5, 0.6) is 0 Å². The number of amides is 3. The van der Waals surface area contributed by atoms with Gasteiger partial charge in [0.15, 0.2) is 0 Å². The van der Waals surface area contributed by atoms with E-state index < -0.39 is 30.2 Å². The first kappa shape index (κ1) is 21.0. The van der Waals surface area contributed by atoms with Gasteiger partial charge in [0.25, 0.3) is 0 Å². The highest BCUT2D eigenvalue weighted by Gasteiger charge is 2.44. The Kier molecular flexibility index (Phi) is 5.50. The van der Waals surface area contributed by atoms with E-state index >= 15 is 0 Å². The second-order valence-electron chi connectivity index (χ2n) is 7.63. The topological polar surface area (TPSA) is 89.6 Å². The standard InChI is InChI=1S/C20H23F3N6O2/c1-2-15(20(21,22)23)26-18(30)13-6-7-14-17(25-13)29(12-8-10-28(14)11-12)19(31)27-16-5-3-4-9-24-16/h3-7,9,12-13,15,25H,2,8,10-11H2,1H3,(H,26,30)(H,24,27,31)/t12-,13?,15-/m0/s1. The zero-order valence-corrected chi connectivity index (χ0v) is 16.8. The molecule has 3 atom stereocenters. The Hall–Kier alpha value is -3.24. The molecular weight excluding hydrogens is 413 g/mol. The Morgan fingerprint density at radius 3 is 2.84 bits per heavy atom. The molecule has 1 fully saturated rings. The first-order valence-electron chi connectivity index (χ1n) is 10.1. The van der Waals surface area contributed by atoms with Gasteiger partial charge in [0, 0.05) is 19.3 Å². The molecule has 4 heterocycles. The van der Waals surface area contributed by atoms with Crippen LogP contribution in [0.1, 0.15) is 19.8 Å². The number of pyridine rings is 1. The zero-order chi connectivity index (χ0) is 22.2. The minimum absolute atomic E-state index is 0.122. The largest absolute Gasteiger partial charge is 0.408 e. The fraction of sp³-hybridized carbons (Fsp3) is 0.450. The van der Waals surface area contributed by atoms with Crippen LogP contribution in [0.15, 0.2) is 48.1 Å². The molecule has 0 spiro atoms. The number of anilines is 1. The van der Waals surface area contributed by atoms with Crippen LogP contribution in [0.25, 0.3) is 0 Å². The molecule has 3 aliphatic heterocycles. The number of carbonyl (C=O) groups is 2. The lowest BCUT2D eigenvalue weighted by atomic mass is 10.1. The van der Waals surface area contributed by atoms with Gasteiger partial charge < -0.3 is 15.5 Å². The third-order valence-electron chi connectivity index (χ3n) is 5.61. The summed E-state index contributed by atoms with van der Waals surface area (Å²) in [5.41, 5.74) is 0.733. The van der Waals surface area contributed by atoms with Crippen molar-refractivity contribution in [3.63, 3.8) is 0 Å². The number of allylic oxidation sites excluding steroid dienone is 1. The van der Waals surface area contributed by atoms with Gasteiger partial charge in [-0.05, 0) is 31.1 Å². The molecule has 11 heteroatoms. The predicted octanol–water partition coefficient (Wildman–Crippen LogP) is 2.16. The number of nitrogens with one attached hydrogen (secondary N) is 3. The first-order valence-corrected chi connectivity index (χ1v) is 10.1. The average Bonchev–Trinajstić information content (AvgIpc) is 3.15. The number of urea groups is 1. The van der Waals surface area contributed by atoms with Crippen molar-refractivity contribution in [2.45, 2.75) is 44.1 Å². The van der Waals surface area contributed by atoms with Gasteiger partial charge >= 0.3 is 12.2 Å². The summed E-state index contributed by atoms with van der Waals surface area (Å²) >= 11 is 0. The Morgan fingerprint density at radius 2 is 2.16 bits per heavy atom. The molecule has 3 amide bonds. The van der Waals surface area contributed by atoms with Crippen LogP contribution in [0.3, 0.4) is 0 Å². The van der Waals surface area contributed by atoms with Crippen LogP contribution < -0.4 is 16.0 Å². The summed E-state index contributed by atoms with van der Waals surface area (Å²) in [5.74, 6) is -0.0125. The quantitative estimate of drug-likeness (QED) is 0.673. The normalized spacial score (nSPS) is 23.2. The van der Waals surface area contributed by atoms with Crippen LogP contribution in [-0.4, -0.2) is 64.1 Å². The summed E-state index contributed by atoms with van der Waals surface area (Å²) in [6.45, 7) is 2.74. The fourth-order valence-corrected chi connectivity index (χ4v) is 4.04. The zero-order valence-electron chi connectivity index (χ0n) is 16.8. The van der Waals surface area contributed by atoms with Gasteiger partial charge in [-0.15, -0.1) is 0 Å². The molecule has 3 N–H and O–H groups in total. The monoisotopic (exact) mass is 436 g/mol. The van der Waals surface area contributed by atoms with Crippen LogP contribution in [0.2, 0.25) is 0 Å². The molecule has 1 unspecified atom stereocenters. The number of fused-ring (bicyclic) bond motifs is 3. The lowest BCUT2D eigenvalue weighted by Crippen LogP contribution is -2.57. The van der Waals surface area contributed by atoms with E-state index in [1.54, 1.807) is 35.4 Å². The highest BCUT2D eigenvalue weighted by Crippen LogP contribution is 2.33. The van der Waals surface area contributed by atoms with E-state index in [1.807, 2.05) is 0 Å². The Morgan fingerprint density at radius 1 is 1.35 bits per heavy atom. The SMILES string of the molecule is CC[C@H](NC(=O)C1C=CC2=C(N1)N(C(=O)Nc1ccccn1)[C@H]1CCN2C1)C(F)(F)F. The molecule has 0 aliphatic carbocycles. The summed E-state index contributed by atoms with van der Waals surface area (Å²) < 4.78 is 39.2. The lowest BCUT2D eigenvalue weighted by molar-refractivity contribution is -0.162. The number of rotatable bonds is 4. The molecule has 0 saturated carbocycles. The molecule has 1 saturated heterocycles. The average molecular weight is 436 g/mol. The molecule has 166 valence electrons. The van der Waals surface area contributed by atoms with Gasteiger partial charge in [-0.3, -0.25) is 15.0 Å². The summed E-state index contributed by atoms with van der Waals surface area (Å²) in [7, 11) is 0. The lowest BCUT2D eigenvalue weighted by Gasteiger charge is -2.41. The van der Waals surface area contributed by atoms with Crippen molar-refractivity contribution in [1.29, 1.82) is 0 Å². The van der Waals surface area contributed by atoms with E-state index in [0.717, 1.165) is 18.7 Å². The molecule has 3 aliphatic rings. The van der Waals surface area contributed by atoms with E-state index in [-0.39, 0.29) is 12.5 Å². The molecule has 4 rings (SSSR count). The number of alkyl halides is 3. The Bertz CT molecular complexity index is 917. The van der Waals surface area contributed by atoms with Crippen molar-refractivity contribution >= 4 is 17.8 Å². The van der Waals surface area contributed by atoms with Crippen molar-refractivity contribution in [1.82, 2.24) is 25.4 Å². The molecule has 0 radical (unpaired) electrons. The van der Waals surface area contributed by atoms with Crippen molar-refractivity contribution in [3.05, 3.63) is 48.1 Å². The van der Waals surface area contributed by atoms with Crippen LogP contribution >= 0.6 is 0 Å². The third kappa shape index (κ3) is 4.17. The molecule has 8 nitrogen and oxygen atoms in total. The van der Waals surface area contributed by atoms with Gasteiger partial charge in [-0.25, -0.2) is 9.78 Å². The van der Waals surface area contributed by atoms with Crippen LogP contribution in [-0.2, 0) is 4.79 Å². The number of dihydropyridines is 1.